The maximum atomic E-state index is 12.1. The molecule has 2 aromatic carbocycles. The third-order valence-electron chi connectivity index (χ3n) is 5.24. The molecule has 1 aliphatic rings. The second-order valence-electron chi connectivity index (χ2n) is 7.55. The first-order chi connectivity index (χ1) is 16.1. The lowest BCUT2D eigenvalue weighted by Gasteiger charge is -2.36. The number of nitrogens with zero attached hydrogens (tertiary/aromatic N) is 2. The number of benzene rings is 2. The number of hydrogen-bond acceptors (Lipinski definition) is 6. The number of carbonyl (C=O) groups is 2. The molecule has 178 valence electrons. The van der Waals surface area contributed by atoms with E-state index in [1.807, 2.05) is 56.3 Å². The number of urea groups is 1. The molecule has 1 aliphatic heterocycles. The van der Waals surface area contributed by atoms with Crippen molar-refractivity contribution in [2.24, 2.45) is 0 Å². The topological polar surface area (TPSA) is 95.2 Å². The van der Waals surface area contributed by atoms with Gasteiger partial charge in [-0.05, 0) is 44.2 Å². The van der Waals surface area contributed by atoms with E-state index in [9.17, 15) is 9.59 Å². The van der Waals surface area contributed by atoms with Gasteiger partial charge in [0.15, 0.2) is 0 Å². The minimum atomic E-state index is -0.489. The summed E-state index contributed by atoms with van der Waals surface area (Å²) in [5.74, 6) is 0.623. The molecule has 0 unspecified atom stereocenters. The maximum absolute atomic E-state index is 12.1. The zero-order valence-electron chi connectivity index (χ0n) is 19.3. The van der Waals surface area contributed by atoms with E-state index >= 15 is 0 Å². The van der Waals surface area contributed by atoms with Gasteiger partial charge in [0.2, 0.25) is 0 Å². The van der Waals surface area contributed by atoms with Crippen molar-refractivity contribution in [2.45, 2.75) is 13.8 Å². The molecular formula is C24H33N5O4. The van der Waals surface area contributed by atoms with Crippen LogP contribution in [0.3, 0.4) is 0 Å². The fraction of sp³-hybridized carbons (Fsp3) is 0.417. The summed E-state index contributed by atoms with van der Waals surface area (Å²) < 4.78 is 10.9. The van der Waals surface area contributed by atoms with E-state index in [0.29, 0.717) is 37.7 Å². The molecule has 9 nitrogen and oxygen atoms in total. The van der Waals surface area contributed by atoms with Gasteiger partial charge in [0.05, 0.1) is 12.3 Å². The summed E-state index contributed by atoms with van der Waals surface area (Å²) in [5.41, 5.74) is 2.45. The van der Waals surface area contributed by atoms with E-state index in [1.165, 1.54) is 0 Å². The van der Waals surface area contributed by atoms with Crippen LogP contribution in [0.15, 0.2) is 48.5 Å². The van der Waals surface area contributed by atoms with Crippen molar-refractivity contribution in [3.8, 4) is 5.75 Å². The van der Waals surface area contributed by atoms with Crippen LogP contribution in [0.1, 0.15) is 13.8 Å². The molecule has 0 bridgehead atoms. The van der Waals surface area contributed by atoms with Gasteiger partial charge < -0.3 is 25.0 Å². The molecule has 0 aliphatic carbocycles. The number of nitrogens with one attached hydrogen (secondary N) is 3. The maximum Gasteiger partial charge on any atom is 0.411 e. The Morgan fingerprint density at radius 2 is 1.76 bits per heavy atom. The molecule has 0 spiro atoms. The van der Waals surface area contributed by atoms with Crippen molar-refractivity contribution in [3.05, 3.63) is 48.5 Å². The van der Waals surface area contributed by atoms with E-state index in [4.69, 9.17) is 9.47 Å². The van der Waals surface area contributed by atoms with Crippen LogP contribution >= 0.6 is 0 Å². The molecule has 9 heteroatoms. The van der Waals surface area contributed by atoms with Gasteiger partial charge in [-0.2, -0.15) is 0 Å². The average Bonchev–Trinajstić information content (AvgIpc) is 2.81. The van der Waals surface area contributed by atoms with Gasteiger partial charge in [-0.1, -0.05) is 18.2 Å². The van der Waals surface area contributed by atoms with Crippen molar-refractivity contribution in [1.82, 2.24) is 10.2 Å². The highest BCUT2D eigenvalue weighted by Crippen LogP contribution is 2.24. The Kier molecular flexibility index (Phi) is 9.19. The first-order valence-electron chi connectivity index (χ1n) is 11.4. The molecule has 2 aromatic rings. The van der Waals surface area contributed by atoms with Crippen LogP contribution in [0.4, 0.5) is 26.7 Å². The van der Waals surface area contributed by atoms with E-state index in [1.54, 1.807) is 6.07 Å². The number of ether oxygens (including phenoxy) is 2. The number of para-hydroxylation sites is 2. The van der Waals surface area contributed by atoms with Crippen molar-refractivity contribution in [3.63, 3.8) is 0 Å². The third kappa shape index (κ3) is 7.57. The van der Waals surface area contributed by atoms with Crippen LogP contribution in [0.25, 0.3) is 0 Å². The summed E-state index contributed by atoms with van der Waals surface area (Å²) in [7, 11) is 0. The summed E-state index contributed by atoms with van der Waals surface area (Å²) in [5, 5.41) is 8.32. The largest absolute Gasteiger partial charge is 0.492 e. The zero-order chi connectivity index (χ0) is 23.5. The van der Waals surface area contributed by atoms with Gasteiger partial charge in [-0.25, -0.2) is 9.59 Å². The van der Waals surface area contributed by atoms with E-state index in [2.05, 4.69) is 25.8 Å². The lowest BCUT2D eigenvalue weighted by Crippen LogP contribution is -2.47. The molecule has 0 aromatic heterocycles. The normalized spacial score (nSPS) is 13.8. The van der Waals surface area contributed by atoms with Crippen LogP contribution in [0.2, 0.25) is 0 Å². The van der Waals surface area contributed by atoms with Crippen LogP contribution < -0.4 is 25.6 Å². The van der Waals surface area contributed by atoms with Gasteiger partial charge in [-0.3, -0.25) is 10.2 Å². The van der Waals surface area contributed by atoms with Crippen LogP contribution in [-0.2, 0) is 4.74 Å². The Hall–Kier alpha value is -3.46. The third-order valence-corrected chi connectivity index (χ3v) is 5.24. The van der Waals surface area contributed by atoms with Crippen molar-refractivity contribution < 1.29 is 19.1 Å². The predicted octanol–water partition coefficient (Wildman–Crippen LogP) is 3.60. The van der Waals surface area contributed by atoms with Crippen LogP contribution in [-0.4, -0.2) is 69.5 Å². The van der Waals surface area contributed by atoms with Crippen LogP contribution in [0, 0.1) is 0 Å². The number of hydrogen-bond donors (Lipinski definition) is 3. The molecule has 0 radical (unpaired) electrons. The second-order valence-corrected chi connectivity index (χ2v) is 7.55. The molecule has 33 heavy (non-hydrogen) atoms. The fourth-order valence-corrected chi connectivity index (χ4v) is 3.61. The van der Waals surface area contributed by atoms with Crippen molar-refractivity contribution in [1.29, 1.82) is 0 Å². The SMILES string of the molecule is CCNC(=O)Nc1cccc(N2CCN(CCOC(=O)Nc3ccccc3OCC)CC2)c1. The van der Waals surface area contributed by atoms with Gasteiger partial charge in [0.1, 0.15) is 12.4 Å². The van der Waals surface area contributed by atoms with Crippen LogP contribution in [0.5, 0.6) is 5.75 Å². The highest BCUT2D eigenvalue weighted by Gasteiger charge is 2.18. The molecule has 3 N–H and O–H groups in total. The molecule has 1 heterocycles. The Labute approximate surface area is 195 Å². The Bertz CT molecular complexity index is 915. The Balaban J connectivity index is 1.39. The summed E-state index contributed by atoms with van der Waals surface area (Å²) >= 11 is 0. The second kappa shape index (κ2) is 12.5. The number of carbonyl (C=O) groups excluding carboxylic acids is 2. The summed E-state index contributed by atoms with van der Waals surface area (Å²) in [6, 6.07) is 14.9. The lowest BCUT2D eigenvalue weighted by molar-refractivity contribution is 0.137. The minimum Gasteiger partial charge on any atom is -0.492 e. The Morgan fingerprint density at radius 3 is 2.52 bits per heavy atom. The molecular weight excluding hydrogens is 422 g/mol. The van der Waals surface area contributed by atoms with Crippen molar-refractivity contribution >= 4 is 29.2 Å². The quantitative estimate of drug-likeness (QED) is 0.535. The first-order valence-corrected chi connectivity index (χ1v) is 11.4. The lowest BCUT2D eigenvalue weighted by atomic mass is 10.2. The number of anilines is 3. The number of rotatable bonds is 9. The number of amides is 3. The van der Waals surface area contributed by atoms with Gasteiger partial charge >= 0.3 is 12.1 Å². The van der Waals surface area contributed by atoms with Gasteiger partial charge in [0, 0.05) is 50.6 Å². The van der Waals surface area contributed by atoms with Gasteiger partial charge in [-0.15, -0.1) is 0 Å². The minimum absolute atomic E-state index is 0.204. The van der Waals surface area contributed by atoms with Crippen molar-refractivity contribution in [2.75, 3.05) is 68.0 Å². The molecule has 3 rings (SSSR count). The summed E-state index contributed by atoms with van der Waals surface area (Å²) in [6.45, 7) is 9.33. The smallest absolute Gasteiger partial charge is 0.411 e. The zero-order valence-corrected chi connectivity index (χ0v) is 19.3. The monoisotopic (exact) mass is 455 g/mol. The number of piperazine rings is 1. The highest BCUT2D eigenvalue weighted by molar-refractivity contribution is 5.89. The fourth-order valence-electron chi connectivity index (χ4n) is 3.61. The molecule has 1 fully saturated rings. The average molecular weight is 456 g/mol. The summed E-state index contributed by atoms with van der Waals surface area (Å²) in [4.78, 5) is 28.5. The highest BCUT2D eigenvalue weighted by atomic mass is 16.5. The molecule has 1 saturated heterocycles. The van der Waals surface area contributed by atoms with Gasteiger partial charge in [0.25, 0.3) is 0 Å². The predicted molar refractivity (Wildman–Crippen MR) is 130 cm³/mol. The van der Waals surface area contributed by atoms with E-state index in [-0.39, 0.29) is 6.03 Å². The standard InChI is InChI=1S/C24H33N5O4/c1-3-25-23(30)26-19-8-7-9-20(18-19)29-14-12-28(13-15-29)16-17-33-24(31)27-21-10-5-6-11-22(21)32-4-2/h5-11,18H,3-4,12-17H2,1-2H3,(H,27,31)(H2,25,26,30). The Morgan fingerprint density at radius 1 is 0.970 bits per heavy atom. The first kappa shape index (κ1) is 24.2. The molecule has 3 amide bonds. The summed E-state index contributed by atoms with van der Waals surface area (Å²) in [6.07, 6.45) is -0.489. The molecule has 0 atom stereocenters. The van der Waals surface area contributed by atoms with E-state index < -0.39 is 6.09 Å². The molecule has 0 saturated carbocycles. The van der Waals surface area contributed by atoms with E-state index in [0.717, 1.165) is 37.6 Å².